The first-order chi connectivity index (χ1) is 12.3. The summed E-state index contributed by atoms with van der Waals surface area (Å²) in [6, 6.07) is 9.52. The van der Waals surface area contributed by atoms with Gasteiger partial charge in [-0.1, -0.05) is 24.3 Å². The van der Waals surface area contributed by atoms with Gasteiger partial charge in [-0.2, -0.15) is 8.42 Å². The molecule has 136 valence electrons. The molecular formula is C20H23N2O3S+. The third kappa shape index (κ3) is 5.45. The molecule has 0 unspecified atom stereocenters. The van der Waals surface area contributed by atoms with E-state index in [-0.39, 0.29) is 4.90 Å². The fourth-order valence-electron chi connectivity index (χ4n) is 2.45. The van der Waals surface area contributed by atoms with E-state index in [0.29, 0.717) is 18.5 Å². The third-order valence-electron chi connectivity index (χ3n) is 3.89. The molecule has 0 saturated carbocycles. The van der Waals surface area contributed by atoms with Gasteiger partial charge in [-0.25, -0.2) is 4.57 Å². The van der Waals surface area contributed by atoms with Crippen LogP contribution in [0.3, 0.4) is 0 Å². The minimum atomic E-state index is -4.33. The van der Waals surface area contributed by atoms with Gasteiger partial charge in [0.1, 0.15) is 6.54 Å². The zero-order chi connectivity index (χ0) is 19.2. The Morgan fingerprint density at radius 3 is 2.46 bits per heavy atom. The number of anilines is 1. The topological polar surface area (TPSA) is 61.5 Å². The van der Waals surface area contributed by atoms with Crippen LogP contribution < -0.4 is 9.47 Å². The number of nitrogens with zero attached hydrogens (tertiary/aromatic N) is 2. The number of aryl methyl sites for hydroxylation is 1. The number of unbranched alkanes of at least 4 members (excludes halogenated alkanes) is 1. The van der Waals surface area contributed by atoms with Crippen LogP contribution in [0.5, 0.6) is 0 Å². The SMILES string of the molecule is C#CCCC[n+]1ccc(/C=C/c2ccc(N(C)C)cc2)c(S(=O)(=O)O)c1. The molecule has 1 heterocycles. The van der Waals surface area contributed by atoms with Gasteiger partial charge in [0.2, 0.25) is 0 Å². The summed E-state index contributed by atoms with van der Waals surface area (Å²) in [7, 11) is -0.399. The van der Waals surface area contributed by atoms with Crippen LogP contribution in [0.15, 0.2) is 47.6 Å². The molecule has 6 heteroatoms. The van der Waals surface area contributed by atoms with Gasteiger partial charge in [0, 0.05) is 44.3 Å². The van der Waals surface area contributed by atoms with Crippen molar-refractivity contribution >= 4 is 28.0 Å². The summed E-state index contributed by atoms with van der Waals surface area (Å²) in [5, 5.41) is 0. The Kier molecular flexibility index (Phi) is 6.56. The van der Waals surface area contributed by atoms with E-state index in [1.54, 1.807) is 22.9 Å². The number of terminal acetylenes is 1. The summed E-state index contributed by atoms with van der Waals surface area (Å²) >= 11 is 0. The highest BCUT2D eigenvalue weighted by molar-refractivity contribution is 7.85. The van der Waals surface area contributed by atoms with E-state index in [9.17, 15) is 13.0 Å². The zero-order valence-electron chi connectivity index (χ0n) is 15.0. The van der Waals surface area contributed by atoms with Gasteiger partial charge in [-0.15, -0.1) is 12.3 Å². The van der Waals surface area contributed by atoms with Crippen LogP contribution in [0.1, 0.15) is 24.0 Å². The quantitative estimate of drug-likeness (QED) is 0.352. The van der Waals surface area contributed by atoms with Crippen LogP contribution >= 0.6 is 0 Å². The molecule has 2 aromatic rings. The molecule has 0 spiro atoms. The van der Waals surface area contributed by atoms with Gasteiger partial charge >= 0.3 is 10.1 Å². The fourth-order valence-corrected chi connectivity index (χ4v) is 3.15. The van der Waals surface area contributed by atoms with Crippen molar-refractivity contribution in [3.63, 3.8) is 0 Å². The number of hydrogen-bond acceptors (Lipinski definition) is 3. The molecular weight excluding hydrogens is 348 g/mol. The maximum absolute atomic E-state index is 11.7. The molecule has 0 bridgehead atoms. The lowest BCUT2D eigenvalue weighted by Gasteiger charge is -2.11. The second kappa shape index (κ2) is 8.65. The van der Waals surface area contributed by atoms with Crippen molar-refractivity contribution in [1.82, 2.24) is 0 Å². The summed E-state index contributed by atoms with van der Waals surface area (Å²) in [4.78, 5) is 1.88. The summed E-state index contributed by atoms with van der Waals surface area (Å²) in [5.74, 6) is 2.55. The van der Waals surface area contributed by atoms with Crippen LogP contribution in [-0.2, 0) is 16.7 Å². The minimum absolute atomic E-state index is 0.123. The third-order valence-corrected chi connectivity index (χ3v) is 4.79. The molecule has 0 radical (unpaired) electrons. The number of benzene rings is 1. The van der Waals surface area contributed by atoms with Gasteiger partial charge in [-0.3, -0.25) is 4.55 Å². The standard InChI is InChI=1S/C20H22N2O3S/c1-4-5-6-14-22-15-13-18(20(16-22)26(23,24)25)10-7-17-8-11-19(12-9-17)21(2)3/h1,7-13,15-16H,5-6,14H2,2-3H3/p+1. The largest absolute Gasteiger partial charge is 0.378 e. The Bertz CT molecular complexity index is 925. The average Bonchev–Trinajstić information content (AvgIpc) is 2.60. The fraction of sp³-hybridized carbons (Fsp3) is 0.250. The second-order valence-corrected chi connectivity index (χ2v) is 7.49. The molecule has 5 nitrogen and oxygen atoms in total. The van der Waals surface area contributed by atoms with Crippen LogP contribution in [0.4, 0.5) is 5.69 Å². The average molecular weight is 371 g/mol. The molecule has 0 aliphatic rings. The van der Waals surface area contributed by atoms with Crippen molar-refractivity contribution in [2.45, 2.75) is 24.3 Å². The molecule has 1 aromatic carbocycles. The van der Waals surface area contributed by atoms with E-state index in [4.69, 9.17) is 6.42 Å². The zero-order valence-corrected chi connectivity index (χ0v) is 15.8. The first kappa shape index (κ1) is 19.7. The first-order valence-electron chi connectivity index (χ1n) is 8.21. The van der Waals surface area contributed by atoms with Crippen molar-refractivity contribution in [3.05, 3.63) is 53.9 Å². The second-order valence-electron chi connectivity index (χ2n) is 6.10. The van der Waals surface area contributed by atoms with Crippen molar-refractivity contribution < 1.29 is 17.5 Å². The Hall–Kier alpha value is -2.62. The molecule has 0 fully saturated rings. The van der Waals surface area contributed by atoms with E-state index in [2.05, 4.69) is 5.92 Å². The first-order valence-corrected chi connectivity index (χ1v) is 9.65. The molecule has 26 heavy (non-hydrogen) atoms. The maximum Gasteiger partial charge on any atom is 0.301 e. The van der Waals surface area contributed by atoms with Gasteiger partial charge < -0.3 is 4.90 Å². The smallest absolute Gasteiger partial charge is 0.301 e. The van der Waals surface area contributed by atoms with E-state index in [0.717, 1.165) is 17.7 Å². The number of rotatable bonds is 7. The lowest BCUT2D eigenvalue weighted by Crippen LogP contribution is -2.34. The molecule has 1 N–H and O–H groups in total. The van der Waals surface area contributed by atoms with E-state index in [1.807, 2.05) is 49.3 Å². The molecule has 0 saturated heterocycles. The highest BCUT2D eigenvalue weighted by Gasteiger charge is 2.19. The van der Waals surface area contributed by atoms with Crippen LogP contribution in [0.25, 0.3) is 12.2 Å². The van der Waals surface area contributed by atoms with E-state index < -0.39 is 10.1 Å². The molecule has 2 rings (SSSR count). The van der Waals surface area contributed by atoms with E-state index in [1.165, 1.54) is 6.20 Å². The maximum atomic E-state index is 11.7. The molecule has 1 aromatic heterocycles. The van der Waals surface area contributed by atoms with Crippen LogP contribution in [-0.4, -0.2) is 27.1 Å². The van der Waals surface area contributed by atoms with Crippen molar-refractivity contribution in [1.29, 1.82) is 0 Å². The number of pyridine rings is 1. The predicted octanol–water partition coefficient (Wildman–Crippen LogP) is 2.87. The Balaban J connectivity index is 2.28. The summed E-state index contributed by atoms with van der Waals surface area (Å²) in [6.07, 6.45) is 13.3. The van der Waals surface area contributed by atoms with Gasteiger partial charge in [0.25, 0.3) is 0 Å². The van der Waals surface area contributed by atoms with Crippen molar-refractivity contribution in [2.24, 2.45) is 0 Å². The molecule has 0 aliphatic heterocycles. The Labute approximate surface area is 155 Å². The number of aromatic nitrogens is 1. The van der Waals surface area contributed by atoms with Gasteiger partial charge in [0.05, 0.1) is 0 Å². The van der Waals surface area contributed by atoms with Gasteiger partial charge in [0.15, 0.2) is 17.3 Å². The predicted molar refractivity (Wildman–Crippen MR) is 104 cm³/mol. The normalized spacial score (nSPS) is 11.5. The Morgan fingerprint density at radius 1 is 1.19 bits per heavy atom. The highest BCUT2D eigenvalue weighted by atomic mass is 32.2. The lowest BCUT2D eigenvalue weighted by atomic mass is 10.1. The molecule has 0 aliphatic carbocycles. The van der Waals surface area contributed by atoms with Gasteiger partial charge in [-0.05, 0) is 17.7 Å². The summed E-state index contributed by atoms with van der Waals surface area (Å²) < 4.78 is 34.7. The highest BCUT2D eigenvalue weighted by Crippen LogP contribution is 2.18. The Morgan fingerprint density at radius 2 is 1.88 bits per heavy atom. The lowest BCUT2D eigenvalue weighted by molar-refractivity contribution is -0.699. The molecule has 0 atom stereocenters. The summed E-state index contributed by atoms with van der Waals surface area (Å²) in [6.45, 7) is 0.586. The van der Waals surface area contributed by atoms with Crippen molar-refractivity contribution in [3.8, 4) is 12.3 Å². The number of hydrogen-bond donors (Lipinski definition) is 1. The minimum Gasteiger partial charge on any atom is -0.378 e. The van der Waals surface area contributed by atoms with Crippen molar-refractivity contribution in [2.75, 3.05) is 19.0 Å². The monoisotopic (exact) mass is 371 g/mol. The van der Waals surface area contributed by atoms with Crippen LogP contribution in [0, 0.1) is 12.3 Å². The molecule has 0 amide bonds. The van der Waals surface area contributed by atoms with E-state index >= 15 is 0 Å². The summed E-state index contributed by atoms with van der Waals surface area (Å²) in [5.41, 5.74) is 2.44. The van der Waals surface area contributed by atoms with Crippen LogP contribution in [0.2, 0.25) is 0 Å².